The molecule has 0 saturated heterocycles. The molecule has 0 unspecified atom stereocenters. The molecule has 0 radical (unpaired) electrons. The number of halogens is 1. The summed E-state index contributed by atoms with van der Waals surface area (Å²) in [5.41, 5.74) is 0. The summed E-state index contributed by atoms with van der Waals surface area (Å²) in [6.45, 7) is 2.66. The van der Waals surface area contributed by atoms with Gasteiger partial charge in [0.05, 0.1) is 0 Å². The summed E-state index contributed by atoms with van der Waals surface area (Å²) in [4.78, 5) is 0. The summed E-state index contributed by atoms with van der Waals surface area (Å²) < 4.78 is 6.18. The van der Waals surface area contributed by atoms with Crippen LogP contribution in [0, 0.1) is 0 Å². The van der Waals surface area contributed by atoms with E-state index < -0.39 is 5.31 Å². The van der Waals surface area contributed by atoms with Gasteiger partial charge in [-0.15, -0.1) is 0 Å². The van der Waals surface area contributed by atoms with Gasteiger partial charge in [-0.1, -0.05) is 0 Å². The maximum absolute atomic E-state index is 6.18. The zero-order valence-electron chi connectivity index (χ0n) is 16.4. The van der Waals surface area contributed by atoms with Gasteiger partial charge in [0.1, 0.15) is 0 Å². The van der Waals surface area contributed by atoms with Gasteiger partial charge in [0.15, 0.2) is 0 Å². The Labute approximate surface area is 181 Å². The number of ether oxygens (including phenoxy) is 1. The van der Waals surface area contributed by atoms with Crippen molar-refractivity contribution in [1.29, 1.82) is 0 Å². The van der Waals surface area contributed by atoms with Gasteiger partial charge in [-0.05, 0) is 0 Å². The van der Waals surface area contributed by atoms with E-state index in [1.165, 1.54) is 21.2 Å². The second-order valence-electron chi connectivity index (χ2n) is 6.92. The number of benzene rings is 4. The molecule has 0 saturated carbocycles. The third-order valence-corrected chi connectivity index (χ3v) is 15.3. The molecule has 0 bridgehead atoms. The summed E-state index contributed by atoms with van der Waals surface area (Å²) in [6.07, 6.45) is 0. The summed E-state index contributed by atoms with van der Waals surface area (Å²) in [5, 5.41) is 1.73. The molecule has 0 N–H and O–H groups in total. The summed E-state index contributed by atoms with van der Waals surface area (Å²) in [7, 11) is 0. The molecule has 0 aliphatic heterocycles. The van der Waals surface area contributed by atoms with Crippen molar-refractivity contribution in [2.45, 2.75) is 6.92 Å². The first kappa shape index (κ1) is 19.9. The molecule has 4 rings (SSSR count). The minimum absolute atomic E-state index is 0.620. The number of hydrogen-bond donors (Lipinski definition) is 0. The first-order chi connectivity index (χ1) is 14.2. The number of rotatable bonds is 6. The van der Waals surface area contributed by atoms with E-state index >= 15 is 0 Å². The molecule has 0 aliphatic rings. The normalized spacial score (nSPS) is 12.7. The Morgan fingerprint density at radius 2 is 0.966 bits per heavy atom. The molecule has 0 fully saturated rings. The van der Waals surface area contributed by atoms with Crippen molar-refractivity contribution in [3.05, 3.63) is 115 Å². The fraction of sp³-hybridized carbons (Fsp3) is 0.0769. The van der Waals surface area contributed by atoms with Gasteiger partial charge in [-0.2, -0.15) is 0 Å². The minimum atomic E-state index is -3.22. The predicted molar refractivity (Wildman–Crippen MR) is 131 cm³/mol. The van der Waals surface area contributed by atoms with Crippen LogP contribution in [0.4, 0.5) is 0 Å². The summed E-state index contributed by atoms with van der Waals surface area (Å²) >= 11 is 4.50. The average molecular weight is 463 g/mol. The van der Waals surface area contributed by atoms with E-state index in [1.807, 2.05) is 13.0 Å². The zero-order chi connectivity index (χ0) is 20.2. The van der Waals surface area contributed by atoms with Crippen LogP contribution in [0.2, 0.25) is 0 Å². The van der Waals surface area contributed by atoms with Crippen LogP contribution >= 0.6 is 20.8 Å². The van der Waals surface area contributed by atoms with Gasteiger partial charge in [0.25, 0.3) is 0 Å². The molecule has 4 aromatic rings. The Bertz CT molecular complexity index is 982. The maximum atomic E-state index is 6.18. The molecule has 4 aromatic carbocycles. The number of para-hydroxylation sites is 1. The molecular formula is C26H24BrOP. The fourth-order valence-corrected chi connectivity index (χ4v) is 11.9. The summed E-state index contributed by atoms with van der Waals surface area (Å²) in [6, 6.07) is 40.8. The van der Waals surface area contributed by atoms with Crippen molar-refractivity contribution in [3.63, 3.8) is 0 Å². The molecule has 0 spiro atoms. The first-order valence-electron chi connectivity index (χ1n) is 9.82. The molecule has 0 heterocycles. The van der Waals surface area contributed by atoms with Gasteiger partial charge in [0.2, 0.25) is 0 Å². The third kappa shape index (κ3) is 3.12. The van der Waals surface area contributed by atoms with E-state index in [-0.39, 0.29) is 0 Å². The Morgan fingerprint density at radius 1 is 0.586 bits per heavy atom. The Morgan fingerprint density at radius 3 is 1.38 bits per heavy atom. The van der Waals surface area contributed by atoms with Crippen LogP contribution in [0.3, 0.4) is 0 Å². The topological polar surface area (TPSA) is 9.23 Å². The monoisotopic (exact) mass is 462 g/mol. The molecule has 3 heteroatoms. The molecule has 29 heavy (non-hydrogen) atoms. The predicted octanol–water partition coefficient (Wildman–Crippen LogP) is 5.55. The van der Waals surface area contributed by atoms with Crippen molar-refractivity contribution in [2.24, 2.45) is 0 Å². The third-order valence-electron chi connectivity index (χ3n) is 5.34. The quantitative estimate of drug-likeness (QED) is 0.341. The van der Waals surface area contributed by atoms with Crippen LogP contribution in [0.1, 0.15) is 6.92 Å². The summed E-state index contributed by atoms with van der Waals surface area (Å²) in [5.74, 6) is 0.918. The van der Waals surface area contributed by atoms with Gasteiger partial charge >= 0.3 is 181 Å². The van der Waals surface area contributed by atoms with Gasteiger partial charge in [0, 0.05) is 0 Å². The number of hydrogen-bond acceptors (Lipinski definition) is 1. The molecular weight excluding hydrogens is 439 g/mol. The van der Waals surface area contributed by atoms with Crippen molar-refractivity contribution in [3.8, 4) is 5.75 Å². The van der Waals surface area contributed by atoms with E-state index in [0.717, 1.165) is 5.75 Å². The van der Waals surface area contributed by atoms with Crippen LogP contribution in [-0.4, -0.2) is 6.61 Å². The van der Waals surface area contributed by atoms with Gasteiger partial charge < -0.3 is 0 Å². The van der Waals surface area contributed by atoms with Crippen molar-refractivity contribution in [2.75, 3.05) is 6.61 Å². The molecule has 146 valence electrons. The van der Waals surface area contributed by atoms with E-state index in [9.17, 15) is 0 Å². The Kier molecular flexibility index (Phi) is 5.58. The second kappa shape index (κ2) is 8.14. The zero-order valence-corrected chi connectivity index (χ0v) is 18.9. The molecule has 1 nitrogen and oxygen atoms in total. The van der Waals surface area contributed by atoms with Gasteiger partial charge in [-0.25, -0.2) is 0 Å². The fourth-order valence-electron chi connectivity index (χ4n) is 4.07. The van der Waals surface area contributed by atoms with E-state index in [1.54, 1.807) is 0 Å². The van der Waals surface area contributed by atoms with Crippen LogP contribution < -0.4 is 26.0 Å². The van der Waals surface area contributed by atoms with Crippen molar-refractivity contribution >= 4 is 42.0 Å². The molecule has 0 atom stereocenters. The molecule has 0 aliphatic carbocycles. The Hall–Kier alpha value is -2.41. The Balaban J connectivity index is 2.24. The van der Waals surface area contributed by atoms with Crippen LogP contribution in [-0.2, 0) is 0 Å². The van der Waals surface area contributed by atoms with E-state index in [4.69, 9.17) is 4.74 Å². The van der Waals surface area contributed by atoms with Crippen molar-refractivity contribution < 1.29 is 4.74 Å². The van der Waals surface area contributed by atoms with Crippen LogP contribution in [0.5, 0.6) is 5.75 Å². The average Bonchev–Trinajstić information content (AvgIpc) is 2.81. The molecule has 0 aromatic heterocycles. The van der Waals surface area contributed by atoms with Gasteiger partial charge in [-0.3, -0.25) is 0 Å². The molecule has 0 amide bonds. The first-order valence-corrected chi connectivity index (χ1v) is 14.1. The second-order valence-corrected chi connectivity index (χ2v) is 15.2. The van der Waals surface area contributed by atoms with E-state index in [0.29, 0.717) is 6.61 Å². The van der Waals surface area contributed by atoms with Crippen LogP contribution in [0.15, 0.2) is 115 Å². The van der Waals surface area contributed by atoms with Crippen molar-refractivity contribution in [1.82, 2.24) is 0 Å². The van der Waals surface area contributed by atoms with Crippen LogP contribution in [0.25, 0.3) is 0 Å². The standard InChI is InChI=1S/C26H24BrOP/c1-2-28-25-20-12-13-21-26(25)29(27,22-14-6-3-7-15-22,23-16-8-4-9-17-23)24-18-10-5-11-19-24/h3-21H,2H2,1H3. The SMILES string of the molecule is CCOc1ccccc1P(Br)(c1ccccc1)(c1ccccc1)c1ccccc1. The van der Waals surface area contributed by atoms with E-state index in [2.05, 4.69) is 125 Å².